The van der Waals surface area contributed by atoms with Crippen LogP contribution in [0.25, 0.3) is 0 Å². The average Bonchev–Trinajstić information content (AvgIpc) is 2.19. The van der Waals surface area contributed by atoms with Crippen molar-refractivity contribution in [3.05, 3.63) is 0 Å². The number of alkyl halides is 1. The molecule has 0 radical (unpaired) electrons. The van der Waals surface area contributed by atoms with E-state index in [0.29, 0.717) is 6.54 Å². The van der Waals surface area contributed by atoms with Crippen LogP contribution in [0.3, 0.4) is 0 Å². The smallest absolute Gasteiger partial charge is 0.195 e. The standard InChI is InChI=1S/C11H23BrN2O2S/c1-10(2)13(3)17(15,16)14(9-5-8-12)11-6-4-7-11/h10-11H,4-9H2,1-3H3. The number of rotatable bonds is 7. The third-order valence-electron chi connectivity index (χ3n) is 3.38. The summed E-state index contributed by atoms with van der Waals surface area (Å²) in [5.41, 5.74) is 0. The van der Waals surface area contributed by atoms with Gasteiger partial charge in [0.2, 0.25) is 0 Å². The van der Waals surface area contributed by atoms with Gasteiger partial charge in [-0.15, -0.1) is 0 Å². The van der Waals surface area contributed by atoms with Crippen LogP contribution in [0.15, 0.2) is 0 Å². The fourth-order valence-corrected chi connectivity index (χ4v) is 3.87. The normalized spacial score (nSPS) is 18.1. The van der Waals surface area contributed by atoms with E-state index < -0.39 is 10.2 Å². The molecular formula is C11H23BrN2O2S. The van der Waals surface area contributed by atoms with Gasteiger partial charge < -0.3 is 0 Å². The Balaban J connectivity index is 2.80. The Morgan fingerprint density at radius 1 is 1.35 bits per heavy atom. The van der Waals surface area contributed by atoms with Gasteiger partial charge in [-0.05, 0) is 33.1 Å². The zero-order valence-electron chi connectivity index (χ0n) is 10.9. The molecule has 0 amide bonds. The quantitative estimate of drug-likeness (QED) is 0.673. The Morgan fingerprint density at radius 3 is 2.29 bits per heavy atom. The van der Waals surface area contributed by atoms with E-state index in [1.54, 1.807) is 11.4 Å². The minimum atomic E-state index is -3.29. The summed E-state index contributed by atoms with van der Waals surface area (Å²) >= 11 is 3.36. The van der Waals surface area contributed by atoms with Crippen LogP contribution in [0.2, 0.25) is 0 Å². The number of hydrogen-bond acceptors (Lipinski definition) is 2. The van der Waals surface area contributed by atoms with E-state index in [9.17, 15) is 8.42 Å². The lowest BCUT2D eigenvalue weighted by Crippen LogP contribution is -2.51. The van der Waals surface area contributed by atoms with Crippen molar-refractivity contribution >= 4 is 26.1 Å². The van der Waals surface area contributed by atoms with Crippen LogP contribution in [0, 0.1) is 0 Å². The Hall–Kier alpha value is 0.350. The van der Waals surface area contributed by atoms with Crippen LogP contribution < -0.4 is 0 Å². The molecule has 0 aliphatic heterocycles. The van der Waals surface area contributed by atoms with Gasteiger partial charge in [-0.25, -0.2) is 0 Å². The molecule has 1 aliphatic rings. The monoisotopic (exact) mass is 326 g/mol. The van der Waals surface area contributed by atoms with E-state index in [1.165, 1.54) is 4.31 Å². The molecular weight excluding hydrogens is 304 g/mol. The Kier molecular flexibility index (Phi) is 5.89. The summed E-state index contributed by atoms with van der Waals surface area (Å²) in [6.07, 6.45) is 4.03. The zero-order valence-corrected chi connectivity index (χ0v) is 13.3. The third kappa shape index (κ3) is 3.66. The summed E-state index contributed by atoms with van der Waals surface area (Å²) in [6.45, 7) is 4.43. The van der Waals surface area contributed by atoms with E-state index in [1.807, 2.05) is 13.8 Å². The predicted octanol–water partition coefficient (Wildman–Crippen LogP) is 2.21. The zero-order chi connectivity index (χ0) is 13.1. The van der Waals surface area contributed by atoms with Crippen molar-refractivity contribution in [3.63, 3.8) is 0 Å². The van der Waals surface area contributed by atoms with Crippen molar-refractivity contribution < 1.29 is 8.42 Å². The summed E-state index contributed by atoms with van der Waals surface area (Å²) in [7, 11) is -1.62. The Morgan fingerprint density at radius 2 is 1.94 bits per heavy atom. The van der Waals surface area contributed by atoms with Gasteiger partial charge in [-0.1, -0.05) is 22.4 Å². The predicted molar refractivity (Wildman–Crippen MR) is 74.6 cm³/mol. The summed E-state index contributed by atoms with van der Waals surface area (Å²) in [4.78, 5) is 0. The van der Waals surface area contributed by atoms with Crippen molar-refractivity contribution in [2.24, 2.45) is 0 Å². The number of hydrogen-bond donors (Lipinski definition) is 0. The lowest BCUT2D eigenvalue weighted by molar-refractivity contribution is 0.204. The molecule has 1 fully saturated rings. The molecule has 6 heteroatoms. The molecule has 0 aromatic carbocycles. The van der Waals surface area contributed by atoms with Gasteiger partial charge in [0.05, 0.1) is 0 Å². The molecule has 0 spiro atoms. The van der Waals surface area contributed by atoms with E-state index in [0.717, 1.165) is 31.0 Å². The van der Waals surface area contributed by atoms with Gasteiger partial charge in [0.1, 0.15) is 0 Å². The molecule has 17 heavy (non-hydrogen) atoms. The van der Waals surface area contributed by atoms with Crippen LogP contribution in [0.4, 0.5) is 0 Å². The van der Waals surface area contributed by atoms with E-state index >= 15 is 0 Å². The van der Waals surface area contributed by atoms with Gasteiger partial charge in [0.15, 0.2) is 0 Å². The highest BCUT2D eigenvalue weighted by molar-refractivity contribution is 9.09. The maximum atomic E-state index is 12.4. The first-order chi connectivity index (χ1) is 7.91. The largest absolute Gasteiger partial charge is 0.282 e. The molecule has 0 N–H and O–H groups in total. The lowest BCUT2D eigenvalue weighted by Gasteiger charge is -2.39. The SMILES string of the molecule is CC(C)N(C)S(=O)(=O)N(CCCBr)C1CCC1. The molecule has 1 rings (SSSR count). The fourth-order valence-electron chi connectivity index (χ4n) is 1.81. The maximum absolute atomic E-state index is 12.4. The molecule has 0 bridgehead atoms. The summed E-state index contributed by atoms with van der Waals surface area (Å²) in [5, 5.41) is 0.844. The fraction of sp³-hybridized carbons (Fsp3) is 1.00. The van der Waals surface area contributed by atoms with Gasteiger partial charge in [-0.3, -0.25) is 0 Å². The van der Waals surface area contributed by atoms with Gasteiger partial charge in [0, 0.05) is 31.0 Å². The molecule has 4 nitrogen and oxygen atoms in total. The molecule has 1 saturated carbocycles. The summed E-state index contributed by atoms with van der Waals surface area (Å²) < 4.78 is 28.1. The molecule has 102 valence electrons. The highest BCUT2D eigenvalue weighted by Gasteiger charge is 2.36. The number of nitrogens with zero attached hydrogens (tertiary/aromatic N) is 2. The van der Waals surface area contributed by atoms with Crippen LogP contribution in [0.5, 0.6) is 0 Å². The van der Waals surface area contributed by atoms with Gasteiger partial charge >= 0.3 is 0 Å². The van der Waals surface area contributed by atoms with E-state index in [-0.39, 0.29) is 12.1 Å². The molecule has 0 heterocycles. The minimum absolute atomic E-state index is 0.00606. The molecule has 0 saturated heterocycles. The lowest BCUT2D eigenvalue weighted by atomic mass is 9.93. The van der Waals surface area contributed by atoms with Crippen LogP contribution in [0.1, 0.15) is 39.5 Å². The highest BCUT2D eigenvalue weighted by atomic mass is 79.9. The first-order valence-electron chi connectivity index (χ1n) is 6.22. The van der Waals surface area contributed by atoms with Crippen molar-refractivity contribution in [2.45, 2.75) is 51.6 Å². The maximum Gasteiger partial charge on any atom is 0.282 e. The van der Waals surface area contributed by atoms with Crippen molar-refractivity contribution in [1.29, 1.82) is 0 Å². The van der Waals surface area contributed by atoms with Crippen LogP contribution in [-0.2, 0) is 10.2 Å². The van der Waals surface area contributed by atoms with E-state index in [2.05, 4.69) is 15.9 Å². The first kappa shape index (κ1) is 15.4. The molecule has 0 atom stereocenters. The van der Waals surface area contributed by atoms with Gasteiger partial charge in [0.25, 0.3) is 10.2 Å². The first-order valence-corrected chi connectivity index (χ1v) is 8.74. The second-order valence-electron chi connectivity index (χ2n) is 4.86. The topological polar surface area (TPSA) is 40.6 Å². The van der Waals surface area contributed by atoms with Crippen molar-refractivity contribution in [3.8, 4) is 0 Å². The third-order valence-corrected chi connectivity index (χ3v) is 6.17. The minimum Gasteiger partial charge on any atom is -0.195 e. The molecule has 1 aliphatic carbocycles. The molecule has 0 aromatic heterocycles. The average molecular weight is 327 g/mol. The van der Waals surface area contributed by atoms with E-state index in [4.69, 9.17) is 0 Å². The van der Waals surface area contributed by atoms with Crippen LogP contribution in [-0.4, -0.2) is 48.0 Å². The summed E-state index contributed by atoms with van der Waals surface area (Å²) in [5.74, 6) is 0. The Labute approximate surface area is 114 Å². The van der Waals surface area contributed by atoms with Crippen molar-refractivity contribution in [1.82, 2.24) is 8.61 Å². The van der Waals surface area contributed by atoms with Crippen molar-refractivity contribution in [2.75, 3.05) is 18.9 Å². The molecule has 0 unspecified atom stereocenters. The van der Waals surface area contributed by atoms with Crippen LogP contribution >= 0.6 is 15.9 Å². The highest BCUT2D eigenvalue weighted by Crippen LogP contribution is 2.28. The second-order valence-corrected chi connectivity index (χ2v) is 7.59. The number of halogens is 1. The summed E-state index contributed by atoms with van der Waals surface area (Å²) in [6, 6.07) is 0.229. The Bertz CT molecular complexity index is 328. The molecule has 0 aromatic rings. The second kappa shape index (κ2) is 6.50. The van der Waals surface area contributed by atoms with Gasteiger partial charge in [-0.2, -0.15) is 17.0 Å².